The molecule has 0 atom stereocenters. The maximum absolute atomic E-state index is 14.8. The van der Waals surface area contributed by atoms with E-state index in [2.05, 4.69) is 15.0 Å². The lowest BCUT2D eigenvalue weighted by Gasteiger charge is -2.17. The van der Waals surface area contributed by atoms with Crippen LogP contribution in [0, 0.1) is 11.6 Å². The average molecular weight is 434 g/mol. The van der Waals surface area contributed by atoms with Gasteiger partial charge >= 0.3 is 0 Å². The molecule has 7 heteroatoms. The molecule has 0 N–H and O–H groups in total. The van der Waals surface area contributed by atoms with Gasteiger partial charge < -0.3 is 4.74 Å². The highest BCUT2D eigenvalue weighted by molar-refractivity contribution is 5.67. The van der Waals surface area contributed by atoms with Gasteiger partial charge in [-0.25, -0.2) is 13.5 Å². The molecule has 0 saturated carbocycles. The first-order chi connectivity index (χ1) is 15.6. The third kappa shape index (κ3) is 4.74. The number of nitrogens with zero attached hydrogens (tertiary/aromatic N) is 4. The van der Waals surface area contributed by atoms with Crippen LogP contribution in [0.15, 0.2) is 73.1 Å². The SMILES string of the molecule is COCCN(C)Cc1cnn(-c2ccc(-c3ccc(F)cc3)nc2)c1-c1ccccc1F. The lowest BCUT2D eigenvalue weighted by atomic mass is 10.1. The van der Waals surface area contributed by atoms with E-state index in [0.717, 1.165) is 17.7 Å². The zero-order chi connectivity index (χ0) is 22.5. The van der Waals surface area contributed by atoms with Crippen LogP contribution in [0.2, 0.25) is 0 Å². The molecule has 164 valence electrons. The summed E-state index contributed by atoms with van der Waals surface area (Å²) in [6, 6.07) is 16.6. The van der Waals surface area contributed by atoms with Crippen molar-refractivity contribution in [2.75, 3.05) is 27.3 Å². The minimum atomic E-state index is -0.314. The molecule has 2 heterocycles. The maximum atomic E-state index is 14.8. The molecule has 0 unspecified atom stereocenters. The minimum absolute atomic E-state index is 0.292. The second kappa shape index (κ2) is 9.80. The maximum Gasteiger partial charge on any atom is 0.132 e. The molecule has 0 fully saturated rings. The summed E-state index contributed by atoms with van der Waals surface area (Å²) >= 11 is 0. The van der Waals surface area contributed by atoms with E-state index >= 15 is 0 Å². The van der Waals surface area contributed by atoms with Gasteiger partial charge in [-0.2, -0.15) is 5.10 Å². The fourth-order valence-corrected chi connectivity index (χ4v) is 3.55. The van der Waals surface area contributed by atoms with Gasteiger partial charge in [-0.05, 0) is 55.6 Å². The third-order valence-electron chi connectivity index (χ3n) is 5.22. The number of pyridine rings is 1. The van der Waals surface area contributed by atoms with Crippen molar-refractivity contribution in [2.45, 2.75) is 6.54 Å². The molecule has 0 spiro atoms. The Bertz CT molecular complexity index is 1170. The predicted molar refractivity (Wildman–Crippen MR) is 120 cm³/mol. The Morgan fingerprint density at radius 1 is 0.969 bits per heavy atom. The summed E-state index contributed by atoms with van der Waals surface area (Å²) in [5, 5.41) is 4.55. The second-order valence-corrected chi connectivity index (χ2v) is 7.55. The van der Waals surface area contributed by atoms with Crippen molar-refractivity contribution in [3.8, 4) is 28.2 Å². The lowest BCUT2D eigenvalue weighted by molar-refractivity contribution is 0.158. The topological polar surface area (TPSA) is 43.2 Å². The molecule has 4 rings (SSSR count). The standard InChI is InChI=1S/C25H24F2N4O/c1-30(13-14-32-2)17-19-15-29-31(25(19)22-5-3-4-6-23(22)27)21-11-12-24(28-16-21)18-7-9-20(26)10-8-18/h3-12,15-16H,13-14,17H2,1-2H3. The van der Waals surface area contributed by atoms with E-state index in [1.807, 2.05) is 25.2 Å². The molecule has 32 heavy (non-hydrogen) atoms. The Hall–Kier alpha value is -3.42. The van der Waals surface area contributed by atoms with E-state index < -0.39 is 0 Å². The van der Waals surface area contributed by atoms with Gasteiger partial charge in [0.15, 0.2) is 0 Å². The van der Waals surface area contributed by atoms with Crippen LogP contribution in [-0.2, 0) is 11.3 Å². The van der Waals surface area contributed by atoms with Gasteiger partial charge in [-0.3, -0.25) is 9.88 Å². The molecule has 2 aromatic carbocycles. The molecule has 0 aliphatic heterocycles. The lowest BCUT2D eigenvalue weighted by Crippen LogP contribution is -2.22. The highest BCUT2D eigenvalue weighted by atomic mass is 19.1. The van der Waals surface area contributed by atoms with E-state index in [1.165, 1.54) is 18.2 Å². The highest BCUT2D eigenvalue weighted by Crippen LogP contribution is 2.30. The number of rotatable bonds is 8. The summed E-state index contributed by atoms with van der Waals surface area (Å²) < 4.78 is 34.8. The number of aromatic nitrogens is 3. The third-order valence-corrected chi connectivity index (χ3v) is 5.22. The summed E-state index contributed by atoms with van der Waals surface area (Å²) in [6.45, 7) is 1.94. The molecular formula is C25H24F2N4O. The van der Waals surface area contributed by atoms with Crippen molar-refractivity contribution in [1.29, 1.82) is 0 Å². The van der Waals surface area contributed by atoms with E-state index in [4.69, 9.17) is 4.74 Å². The fraction of sp³-hybridized carbons (Fsp3) is 0.200. The van der Waals surface area contributed by atoms with Crippen LogP contribution >= 0.6 is 0 Å². The number of ether oxygens (including phenoxy) is 1. The fourth-order valence-electron chi connectivity index (χ4n) is 3.55. The first-order valence-electron chi connectivity index (χ1n) is 10.3. The Morgan fingerprint density at radius 2 is 1.75 bits per heavy atom. The molecule has 0 radical (unpaired) electrons. The highest BCUT2D eigenvalue weighted by Gasteiger charge is 2.19. The molecule has 0 amide bonds. The predicted octanol–water partition coefficient (Wildman–Crippen LogP) is 4.96. The Labute approximate surface area is 185 Å². The van der Waals surface area contributed by atoms with Gasteiger partial charge in [0.05, 0.1) is 36.1 Å². The molecule has 2 aromatic heterocycles. The van der Waals surface area contributed by atoms with Gasteiger partial charge in [0.1, 0.15) is 11.6 Å². The summed E-state index contributed by atoms with van der Waals surface area (Å²) in [7, 11) is 3.65. The van der Waals surface area contributed by atoms with Gasteiger partial charge in [-0.1, -0.05) is 12.1 Å². The summed E-state index contributed by atoms with van der Waals surface area (Å²) in [4.78, 5) is 6.62. The number of methoxy groups -OCH3 is 1. The molecule has 0 aliphatic rings. The van der Waals surface area contributed by atoms with E-state index in [0.29, 0.717) is 35.8 Å². The van der Waals surface area contributed by atoms with Crippen LogP contribution in [0.1, 0.15) is 5.56 Å². The Kier molecular flexibility index (Phi) is 6.68. The summed E-state index contributed by atoms with van der Waals surface area (Å²) in [5.74, 6) is -0.606. The van der Waals surface area contributed by atoms with Crippen LogP contribution in [-0.4, -0.2) is 47.0 Å². The van der Waals surface area contributed by atoms with Crippen LogP contribution in [0.5, 0.6) is 0 Å². The molecule has 0 aliphatic carbocycles. The first-order valence-corrected chi connectivity index (χ1v) is 10.3. The van der Waals surface area contributed by atoms with Crippen molar-refractivity contribution < 1.29 is 13.5 Å². The summed E-state index contributed by atoms with van der Waals surface area (Å²) in [5.41, 5.74) is 4.30. The zero-order valence-electron chi connectivity index (χ0n) is 18.0. The van der Waals surface area contributed by atoms with Crippen LogP contribution in [0.3, 0.4) is 0 Å². The number of likely N-dealkylation sites (N-methyl/N-ethyl adjacent to an activating group) is 1. The quantitative estimate of drug-likeness (QED) is 0.393. The minimum Gasteiger partial charge on any atom is -0.383 e. The molecule has 4 aromatic rings. The molecular weight excluding hydrogens is 410 g/mol. The van der Waals surface area contributed by atoms with Crippen molar-refractivity contribution in [2.24, 2.45) is 0 Å². The van der Waals surface area contributed by atoms with Gasteiger partial charge in [-0.15, -0.1) is 0 Å². The number of benzene rings is 2. The van der Waals surface area contributed by atoms with Crippen molar-refractivity contribution >= 4 is 0 Å². The van der Waals surface area contributed by atoms with Crippen LogP contribution < -0.4 is 0 Å². The average Bonchev–Trinajstić information content (AvgIpc) is 3.21. The van der Waals surface area contributed by atoms with Gasteiger partial charge in [0.25, 0.3) is 0 Å². The van der Waals surface area contributed by atoms with Crippen molar-refractivity contribution in [1.82, 2.24) is 19.7 Å². The molecule has 5 nitrogen and oxygen atoms in total. The first kappa shape index (κ1) is 21.8. The van der Waals surface area contributed by atoms with E-state index in [-0.39, 0.29) is 11.6 Å². The van der Waals surface area contributed by atoms with E-state index in [1.54, 1.807) is 48.5 Å². The monoisotopic (exact) mass is 434 g/mol. The van der Waals surface area contributed by atoms with Crippen LogP contribution in [0.25, 0.3) is 28.2 Å². The number of hydrogen-bond acceptors (Lipinski definition) is 4. The molecule has 0 bridgehead atoms. The Balaban J connectivity index is 1.72. The Morgan fingerprint density at radius 3 is 2.44 bits per heavy atom. The van der Waals surface area contributed by atoms with Gasteiger partial charge in [0, 0.05) is 36.9 Å². The second-order valence-electron chi connectivity index (χ2n) is 7.55. The van der Waals surface area contributed by atoms with Crippen molar-refractivity contribution in [3.05, 3.63) is 90.3 Å². The van der Waals surface area contributed by atoms with E-state index in [9.17, 15) is 8.78 Å². The van der Waals surface area contributed by atoms with Crippen molar-refractivity contribution in [3.63, 3.8) is 0 Å². The summed E-state index contributed by atoms with van der Waals surface area (Å²) in [6.07, 6.45) is 3.45. The number of hydrogen-bond donors (Lipinski definition) is 0. The zero-order valence-corrected chi connectivity index (χ0v) is 18.0. The number of halogens is 2. The largest absolute Gasteiger partial charge is 0.383 e. The van der Waals surface area contributed by atoms with Crippen LogP contribution in [0.4, 0.5) is 8.78 Å². The smallest absolute Gasteiger partial charge is 0.132 e. The normalized spacial score (nSPS) is 11.3. The molecule has 0 saturated heterocycles. The van der Waals surface area contributed by atoms with Gasteiger partial charge in [0.2, 0.25) is 0 Å².